The van der Waals surface area contributed by atoms with Crippen LogP contribution < -0.4 is 10.6 Å². The highest BCUT2D eigenvalue weighted by molar-refractivity contribution is 6.33. The SMILES string of the molecule is Cc1nccn1[C@H](C)c1ccc(NC(=O)Nc2[nH]ncc2Cl)cc1. The van der Waals surface area contributed by atoms with Gasteiger partial charge in [-0.1, -0.05) is 23.7 Å². The Balaban J connectivity index is 1.65. The average Bonchev–Trinajstić information content (AvgIpc) is 3.16. The second kappa shape index (κ2) is 6.76. The van der Waals surface area contributed by atoms with Crippen LogP contribution in [-0.2, 0) is 0 Å². The first-order valence-corrected chi connectivity index (χ1v) is 7.78. The van der Waals surface area contributed by atoms with Crippen molar-refractivity contribution in [2.24, 2.45) is 0 Å². The first kappa shape index (κ1) is 16.1. The number of halogens is 1. The number of hydrogen-bond donors (Lipinski definition) is 3. The highest BCUT2D eigenvalue weighted by Crippen LogP contribution is 2.21. The Hall–Kier alpha value is -2.80. The number of benzene rings is 1. The second-order valence-electron chi connectivity index (χ2n) is 5.35. The van der Waals surface area contributed by atoms with E-state index < -0.39 is 6.03 Å². The fourth-order valence-corrected chi connectivity index (χ4v) is 2.58. The summed E-state index contributed by atoms with van der Waals surface area (Å²) in [6, 6.07) is 7.43. The van der Waals surface area contributed by atoms with Gasteiger partial charge >= 0.3 is 6.03 Å². The number of aromatic amines is 1. The molecule has 2 aromatic heterocycles. The molecule has 124 valence electrons. The van der Waals surface area contributed by atoms with Crippen molar-refractivity contribution in [2.75, 3.05) is 10.6 Å². The molecule has 3 rings (SSSR count). The number of H-pyrrole nitrogens is 1. The number of aromatic nitrogens is 4. The molecule has 0 saturated heterocycles. The molecule has 0 spiro atoms. The van der Waals surface area contributed by atoms with Gasteiger partial charge in [0.15, 0.2) is 0 Å². The molecule has 0 aliphatic rings. The summed E-state index contributed by atoms with van der Waals surface area (Å²) in [6.07, 6.45) is 5.16. The van der Waals surface area contributed by atoms with Gasteiger partial charge in [-0.15, -0.1) is 0 Å². The van der Waals surface area contributed by atoms with Gasteiger partial charge < -0.3 is 9.88 Å². The molecule has 8 heteroatoms. The Morgan fingerprint density at radius 2 is 2.04 bits per heavy atom. The van der Waals surface area contributed by atoms with Crippen LogP contribution in [0.3, 0.4) is 0 Å². The summed E-state index contributed by atoms with van der Waals surface area (Å²) in [5.74, 6) is 1.32. The highest BCUT2D eigenvalue weighted by Gasteiger charge is 2.11. The lowest BCUT2D eigenvalue weighted by molar-refractivity contribution is 0.262. The van der Waals surface area contributed by atoms with E-state index in [1.165, 1.54) is 6.20 Å². The van der Waals surface area contributed by atoms with E-state index in [2.05, 4.69) is 37.3 Å². The van der Waals surface area contributed by atoms with E-state index in [0.29, 0.717) is 16.5 Å². The number of rotatable bonds is 4. The maximum atomic E-state index is 11.9. The van der Waals surface area contributed by atoms with Gasteiger partial charge in [-0.05, 0) is 31.5 Å². The van der Waals surface area contributed by atoms with Crippen molar-refractivity contribution in [3.63, 3.8) is 0 Å². The molecule has 2 heterocycles. The van der Waals surface area contributed by atoms with Crippen LogP contribution in [0.4, 0.5) is 16.3 Å². The molecule has 24 heavy (non-hydrogen) atoms. The third-order valence-electron chi connectivity index (χ3n) is 3.76. The maximum Gasteiger partial charge on any atom is 0.324 e. The summed E-state index contributed by atoms with van der Waals surface area (Å²) in [4.78, 5) is 16.2. The van der Waals surface area contributed by atoms with E-state index >= 15 is 0 Å². The lowest BCUT2D eigenvalue weighted by Gasteiger charge is -2.16. The topological polar surface area (TPSA) is 87.6 Å². The van der Waals surface area contributed by atoms with Crippen LogP contribution in [0.2, 0.25) is 5.02 Å². The van der Waals surface area contributed by atoms with Crippen molar-refractivity contribution in [2.45, 2.75) is 19.9 Å². The lowest BCUT2D eigenvalue weighted by Crippen LogP contribution is -2.19. The molecule has 0 saturated carbocycles. The molecule has 1 atom stereocenters. The Kier molecular flexibility index (Phi) is 4.52. The molecule has 3 N–H and O–H groups in total. The van der Waals surface area contributed by atoms with Crippen LogP contribution in [0, 0.1) is 6.92 Å². The number of hydrogen-bond acceptors (Lipinski definition) is 3. The minimum Gasteiger partial charge on any atom is -0.328 e. The van der Waals surface area contributed by atoms with Crippen molar-refractivity contribution in [1.29, 1.82) is 0 Å². The van der Waals surface area contributed by atoms with Crippen LogP contribution in [0.25, 0.3) is 0 Å². The quantitative estimate of drug-likeness (QED) is 0.672. The Labute approximate surface area is 144 Å². The zero-order valence-electron chi connectivity index (χ0n) is 13.2. The summed E-state index contributed by atoms with van der Waals surface area (Å²) < 4.78 is 2.09. The lowest BCUT2D eigenvalue weighted by atomic mass is 10.1. The second-order valence-corrected chi connectivity index (χ2v) is 5.76. The predicted molar refractivity (Wildman–Crippen MR) is 93.5 cm³/mol. The number of carbonyl (C=O) groups excluding carboxylic acids is 1. The molecular formula is C16H17ClN6O. The Morgan fingerprint density at radius 1 is 1.29 bits per heavy atom. The van der Waals surface area contributed by atoms with Crippen LogP contribution in [0.15, 0.2) is 42.9 Å². The number of imidazole rings is 1. The highest BCUT2D eigenvalue weighted by atomic mass is 35.5. The van der Waals surface area contributed by atoms with Crippen LogP contribution in [-0.4, -0.2) is 25.8 Å². The molecule has 0 fully saturated rings. The Morgan fingerprint density at radius 3 is 2.62 bits per heavy atom. The van der Waals surface area contributed by atoms with Gasteiger partial charge in [-0.3, -0.25) is 10.4 Å². The van der Waals surface area contributed by atoms with Gasteiger partial charge in [0.25, 0.3) is 0 Å². The van der Waals surface area contributed by atoms with E-state index in [0.717, 1.165) is 11.4 Å². The third kappa shape index (κ3) is 3.41. The van der Waals surface area contributed by atoms with Crippen molar-refractivity contribution in [3.05, 3.63) is 59.3 Å². The first-order chi connectivity index (χ1) is 11.5. The summed E-state index contributed by atoms with van der Waals surface area (Å²) >= 11 is 5.86. The molecule has 0 unspecified atom stereocenters. The fraction of sp³-hybridized carbons (Fsp3) is 0.188. The summed E-state index contributed by atoms with van der Waals surface area (Å²) in [6.45, 7) is 4.07. The number of nitrogens with one attached hydrogen (secondary N) is 3. The van der Waals surface area contributed by atoms with E-state index in [-0.39, 0.29) is 6.04 Å². The number of aryl methyl sites for hydroxylation is 1. The average molecular weight is 345 g/mol. The number of nitrogens with zero attached hydrogens (tertiary/aromatic N) is 3. The van der Waals surface area contributed by atoms with E-state index in [1.54, 1.807) is 6.20 Å². The van der Waals surface area contributed by atoms with Gasteiger partial charge in [0.05, 0.1) is 12.2 Å². The van der Waals surface area contributed by atoms with E-state index in [4.69, 9.17) is 11.6 Å². The molecule has 3 aromatic rings. The number of amides is 2. The van der Waals surface area contributed by atoms with Gasteiger partial charge in [-0.25, -0.2) is 9.78 Å². The summed E-state index contributed by atoms with van der Waals surface area (Å²) in [5.41, 5.74) is 1.81. The zero-order valence-corrected chi connectivity index (χ0v) is 14.0. The molecule has 0 aliphatic heterocycles. The monoisotopic (exact) mass is 344 g/mol. The molecule has 1 aromatic carbocycles. The molecule has 0 aliphatic carbocycles. The Bertz CT molecular complexity index is 838. The van der Waals surface area contributed by atoms with Crippen molar-refractivity contribution < 1.29 is 4.79 Å². The number of carbonyl (C=O) groups is 1. The third-order valence-corrected chi connectivity index (χ3v) is 4.05. The molecular weight excluding hydrogens is 328 g/mol. The normalized spacial score (nSPS) is 12.0. The van der Waals surface area contributed by atoms with Gasteiger partial charge in [-0.2, -0.15) is 5.10 Å². The van der Waals surface area contributed by atoms with Crippen LogP contribution in [0.1, 0.15) is 24.4 Å². The van der Waals surface area contributed by atoms with Gasteiger partial charge in [0, 0.05) is 18.1 Å². The molecule has 0 radical (unpaired) electrons. The van der Waals surface area contributed by atoms with Gasteiger partial charge in [0.1, 0.15) is 16.7 Å². The van der Waals surface area contributed by atoms with Crippen LogP contribution in [0.5, 0.6) is 0 Å². The standard InChI is InChI=1S/C16H17ClN6O/c1-10(23-8-7-18-11(23)2)12-3-5-13(6-4-12)20-16(24)21-15-14(17)9-19-22-15/h3-10H,1-2H3,(H3,19,20,21,22,24)/t10-/m1/s1. The first-order valence-electron chi connectivity index (χ1n) is 7.41. The minimum atomic E-state index is -0.396. The van der Waals surface area contributed by atoms with Crippen molar-refractivity contribution in [1.82, 2.24) is 19.7 Å². The zero-order chi connectivity index (χ0) is 17.1. The summed E-state index contributed by atoms with van der Waals surface area (Å²) in [7, 11) is 0. The smallest absolute Gasteiger partial charge is 0.324 e. The summed E-state index contributed by atoms with van der Waals surface area (Å²) in [5, 5.41) is 12.0. The van der Waals surface area contributed by atoms with E-state index in [1.807, 2.05) is 37.4 Å². The molecule has 7 nitrogen and oxygen atoms in total. The number of anilines is 2. The van der Waals surface area contributed by atoms with Gasteiger partial charge in [0.2, 0.25) is 0 Å². The fourth-order valence-electron chi connectivity index (χ4n) is 2.44. The van der Waals surface area contributed by atoms with Crippen LogP contribution >= 0.6 is 11.6 Å². The van der Waals surface area contributed by atoms with Crippen molar-refractivity contribution >= 4 is 29.1 Å². The largest absolute Gasteiger partial charge is 0.328 e. The predicted octanol–water partition coefficient (Wildman–Crippen LogP) is 3.82. The number of urea groups is 1. The minimum absolute atomic E-state index is 0.166. The maximum absolute atomic E-state index is 11.9. The van der Waals surface area contributed by atoms with Crippen molar-refractivity contribution in [3.8, 4) is 0 Å². The molecule has 2 amide bonds. The molecule has 0 bridgehead atoms. The van der Waals surface area contributed by atoms with E-state index in [9.17, 15) is 4.79 Å².